The van der Waals surface area contributed by atoms with Crippen molar-refractivity contribution < 1.29 is 19.0 Å². The summed E-state index contributed by atoms with van der Waals surface area (Å²) in [4.78, 5) is 28.2. The number of carbonyl (C=O) groups excluding carboxylic acids is 1. The van der Waals surface area contributed by atoms with E-state index in [-0.39, 0.29) is 11.3 Å². The van der Waals surface area contributed by atoms with Crippen LogP contribution in [0.15, 0.2) is 54.9 Å². The third kappa shape index (κ3) is 6.60. The summed E-state index contributed by atoms with van der Waals surface area (Å²) in [6.07, 6.45) is 6.06. The SMILES string of the molecule is COc1cc(-c2nccc(-c3cccc(-c4ccc(CN5CC6(CNC(=O)C6)C5)c(OC)n4)c3Cl)c2Cl)cnc1CNC1CCOCC1. The number of rotatable bonds is 10. The minimum atomic E-state index is 0.0634. The molecular formula is C36H38Cl2N6O4. The van der Waals surface area contributed by atoms with Crippen LogP contribution in [0.5, 0.6) is 11.6 Å². The molecule has 250 valence electrons. The summed E-state index contributed by atoms with van der Waals surface area (Å²) in [6, 6.07) is 14.0. The molecule has 1 aromatic carbocycles. The van der Waals surface area contributed by atoms with E-state index in [1.165, 1.54) is 0 Å². The van der Waals surface area contributed by atoms with Gasteiger partial charge in [-0.15, -0.1) is 0 Å². The maximum Gasteiger partial charge on any atom is 0.220 e. The van der Waals surface area contributed by atoms with Crippen LogP contribution in [0.1, 0.15) is 30.5 Å². The molecule has 0 bridgehead atoms. The zero-order chi connectivity index (χ0) is 33.3. The number of methoxy groups -OCH3 is 2. The number of pyridine rings is 3. The number of nitrogens with one attached hydrogen (secondary N) is 2. The molecule has 6 heterocycles. The average molecular weight is 690 g/mol. The van der Waals surface area contributed by atoms with Crippen molar-refractivity contribution in [3.05, 3.63) is 76.2 Å². The van der Waals surface area contributed by atoms with Crippen LogP contribution in [0.4, 0.5) is 0 Å². The molecule has 4 aromatic rings. The molecule has 2 N–H and O–H groups in total. The molecule has 12 heteroatoms. The van der Waals surface area contributed by atoms with E-state index in [4.69, 9.17) is 47.4 Å². The fraction of sp³-hybridized carbons (Fsp3) is 0.389. The Labute approximate surface area is 290 Å². The topological polar surface area (TPSA) is 111 Å². The highest BCUT2D eigenvalue weighted by atomic mass is 35.5. The normalized spacial score (nSPS) is 17.7. The van der Waals surface area contributed by atoms with Gasteiger partial charge >= 0.3 is 0 Å². The van der Waals surface area contributed by atoms with Gasteiger partial charge in [-0.05, 0) is 31.0 Å². The lowest BCUT2D eigenvalue weighted by Gasteiger charge is -2.47. The van der Waals surface area contributed by atoms with Gasteiger partial charge in [0.15, 0.2) is 0 Å². The van der Waals surface area contributed by atoms with E-state index in [0.29, 0.717) is 58.6 Å². The zero-order valence-corrected chi connectivity index (χ0v) is 28.5. The van der Waals surface area contributed by atoms with Gasteiger partial charge in [0, 0.05) is 104 Å². The molecule has 3 aromatic heterocycles. The van der Waals surface area contributed by atoms with Crippen molar-refractivity contribution in [1.29, 1.82) is 0 Å². The predicted octanol–water partition coefficient (Wildman–Crippen LogP) is 5.79. The molecule has 48 heavy (non-hydrogen) atoms. The fourth-order valence-corrected chi connectivity index (χ4v) is 7.64. The van der Waals surface area contributed by atoms with E-state index in [9.17, 15) is 4.79 Å². The second kappa shape index (κ2) is 14.0. The monoisotopic (exact) mass is 688 g/mol. The maximum absolute atomic E-state index is 11.7. The highest BCUT2D eigenvalue weighted by Gasteiger charge is 2.48. The van der Waals surface area contributed by atoms with Crippen LogP contribution in [-0.4, -0.2) is 78.9 Å². The van der Waals surface area contributed by atoms with Gasteiger partial charge in [-0.3, -0.25) is 19.7 Å². The Morgan fingerprint density at radius 2 is 1.81 bits per heavy atom. The summed E-state index contributed by atoms with van der Waals surface area (Å²) in [5, 5.41) is 7.51. The minimum absolute atomic E-state index is 0.0634. The van der Waals surface area contributed by atoms with Gasteiger partial charge < -0.3 is 24.8 Å². The summed E-state index contributed by atoms with van der Waals surface area (Å²) in [5.74, 6) is 1.35. The number of likely N-dealkylation sites (tertiary alicyclic amines) is 1. The average Bonchev–Trinajstić information content (AvgIpc) is 3.49. The van der Waals surface area contributed by atoms with Crippen LogP contribution in [0.3, 0.4) is 0 Å². The smallest absolute Gasteiger partial charge is 0.220 e. The summed E-state index contributed by atoms with van der Waals surface area (Å²) in [6.45, 7) is 5.34. The summed E-state index contributed by atoms with van der Waals surface area (Å²) in [5.41, 5.74) is 6.15. The van der Waals surface area contributed by atoms with Crippen LogP contribution >= 0.6 is 23.2 Å². The number of carbonyl (C=O) groups is 1. The maximum atomic E-state index is 11.7. The Kier molecular flexibility index (Phi) is 9.53. The molecule has 3 aliphatic rings. The molecule has 7 rings (SSSR count). The van der Waals surface area contributed by atoms with E-state index in [1.54, 1.807) is 26.6 Å². The first-order valence-corrected chi connectivity index (χ1v) is 16.9. The lowest BCUT2D eigenvalue weighted by Crippen LogP contribution is -2.56. The van der Waals surface area contributed by atoms with Crippen LogP contribution in [-0.2, 0) is 22.6 Å². The van der Waals surface area contributed by atoms with Gasteiger partial charge in [0.25, 0.3) is 0 Å². The van der Waals surface area contributed by atoms with Crippen molar-refractivity contribution in [2.75, 3.05) is 47.1 Å². The molecule has 0 saturated carbocycles. The van der Waals surface area contributed by atoms with Crippen molar-refractivity contribution >= 4 is 29.1 Å². The number of hydrogen-bond acceptors (Lipinski definition) is 9. The molecule has 0 radical (unpaired) electrons. The Morgan fingerprint density at radius 1 is 1.02 bits per heavy atom. The highest BCUT2D eigenvalue weighted by molar-refractivity contribution is 6.39. The van der Waals surface area contributed by atoms with Gasteiger partial charge in [-0.25, -0.2) is 4.98 Å². The highest BCUT2D eigenvalue weighted by Crippen LogP contribution is 2.43. The Bertz CT molecular complexity index is 1830. The molecule has 1 amide bonds. The summed E-state index contributed by atoms with van der Waals surface area (Å²) >= 11 is 14.2. The van der Waals surface area contributed by atoms with Gasteiger partial charge in [0.05, 0.1) is 41.3 Å². The number of amides is 1. The summed E-state index contributed by atoms with van der Waals surface area (Å²) in [7, 11) is 3.27. The van der Waals surface area contributed by atoms with Crippen molar-refractivity contribution in [1.82, 2.24) is 30.5 Å². The van der Waals surface area contributed by atoms with Crippen molar-refractivity contribution in [3.8, 4) is 45.3 Å². The third-order valence-corrected chi connectivity index (χ3v) is 10.3. The second-order valence-electron chi connectivity index (χ2n) is 12.8. The zero-order valence-electron chi connectivity index (χ0n) is 27.0. The number of nitrogens with zero attached hydrogens (tertiary/aromatic N) is 4. The number of benzene rings is 1. The number of aromatic nitrogens is 3. The lowest BCUT2D eigenvalue weighted by molar-refractivity contribution is -0.120. The number of halogens is 2. The largest absolute Gasteiger partial charge is 0.495 e. The van der Waals surface area contributed by atoms with Crippen molar-refractivity contribution in [2.45, 2.75) is 38.4 Å². The molecule has 1 spiro atoms. The van der Waals surface area contributed by atoms with Crippen LogP contribution < -0.4 is 20.1 Å². The number of hydrogen-bond donors (Lipinski definition) is 2. The third-order valence-electron chi connectivity index (χ3n) is 9.50. The quantitative estimate of drug-likeness (QED) is 0.214. The first kappa shape index (κ1) is 32.7. The predicted molar refractivity (Wildman–Crippen MR) is 185 cm³/mol. The Hall–Kier alpha value is -3.80. The Balaban J connectivity index is 1.11. The van der Waals surface area contributed by atoms with Crippen LogP contribution in [0.25, 0.3) is 33.6 Å². The Morgan fingerprint density at radius 3 is 2.56 bits per heavy atom. The minimum Gasteiger partial charge on any atom is -0.495 e. The van der Waals surface area contributed by atoms with E-state index in [1.807, 2.05) is 42.5 Å². The lowest BCUT2D eigenvalue weighted by atomic mass is 9.79. The molecule has 0 unspecified atom stereocenters. The number of ether oxygens (including phenoxy) is 3. The fourth-order valence-electron chi connectivity index (χ4n) is 6.99. The van der Waals surface area contributed by atoms with Crippen molar-refractivity contribution in [3.63, 3.8) is 0 Å². The molecule has 0 aliphatic carbocycles. The van der Waals surface area contributed by atoms with Gasteiger partial charge in [0.1, 0.15) is 5.75 Å². The van der Waals surface area contributed by atoms with Gasteiger partial charge in [-0.2, -0.15) is 0 Å². The molecule has 10 nitrogen and oxygen atoms in total. The standard InChI is InChI=1S/C36H38Cl2N6O4/c1-46-30-14-23(16-41-29(30)17-40-24-9-12-48-13-10-24)34-33(38)26(8-11-39-34)25-4-3-5-27(32(25)37)28-7-6-22(35(43-28)47-2)18-44-20-36(21-44)15-31(45)42-19-36/h3-8,11,14,16,24,40H,9-10,12-13,15,17-21H2,1-2H3,(H,42,45). The molecule has 3 fully saturated rings. The second-order valence-corrected chi connectivity index (χ2v) is 13.5. The van der Waals surface area contributed by atoms with E-state index in [2.05, 4.69) is 20.5 Å². The van der Waals surface area contributed by atoms with Gasteiger partial charge in [0.2, 0.25) is 11.8 Å². The molecule has 3 aliphatic heterocycles. The van der Waals surface area contributed by atoms with Crippen LogP contribution in [0, 0.1) is 5.41 Å². The van der Waals surface area contributed by atoms with Gasteiger partial charge in [-0.1, -0.05) is 47.5 Å². The van der Waals surface area contributed by atoms with Crippen LogP contribution in [0.2, 0.25) is 10.0 Å². The van der Waals surface area contributed by atoms with E-state index in [0.717, 1.165) is 79.2 Å². The molecular weight excluding hydrogens is 651 g/mol. The first-order valence-electron chi connectivity index (χ1n) is 16.2. The first-order chi connectivity index (χ1) is 23.4. The van der Waals surface area contributed by atoms with Crippen molar-refractivity contribution in [2.24, 2.45) is 5.41 Å². The summed E-state index contributed by atoms with van der Waals surface area (Å²) < 4.78 is 16.9. The van der Waals surface area contributed by atoms with E-state index >= 15 is 0 Å². The molecule has 3 saturated heterocycles. The molecule has 0 atom stereocenters. The van der Waals surface area contributed by atoms with E-state index < -0.39 is 0 Å².